The predicted octanol–water partition coefficient (Wildman–Crippen LogP) is 1.47. The minimum absolute atomic E-state index is 0.0709. The monoisotopic (exact) mass is 362 g/mol. The van der Waals surface area contributed by atoms with Crippen molar-refractivity contribution in [2.45, 2.75) is 38.1 Å². The van der Waals surface area contributed by atoms with E-state index in [2.05, 4.69) is 37.5 Å². The van der Waals surface area contributed by atoms with E-state index in [1.807, 2.05) is 0 Å². The number of nitrogens with zero attached hydrogens (tertiary/aromatic N) is 2. The Labute approximate surface area is 120 Å². The average Bonchev–Trinajstić information content (AvgIpc) is 2.41. The van der Waals surface area contributed by atoms with Crippen LogP contribution in [0.5, 0.6) is 0 Å². The van der Waals surface area contributed by atoms with E-state index >= 15 is 0 Å². The van der Waals surface area contributed by atoms with E-state index in [9.17, 15) is 4.79 Å². The van der Waals surface area contributed by atoms with Crippen molar-refractivity contribution >= 4 is 28.4 Å². The van der Waals surface area contributed by atoms with Crippen LogP contribution >= 0.6 is 22.6 Å². The van der Waals surface area contributed by atoms with Crippen LogP contribution in [0.4, 0.5) is 5.82 Å². The van der Waals surface area contributed by atoms with Crippen molar-refractivity contribution in [2.75, 3.05) is 18.0 Å². The molecule has 0 unspecified atom stereocenters. The third-order valence-corrected chi connectivity index (χ3v) is 4.41. The summed E-state index contributed by atoms with van der Waals surface area (Å²) in [5.41, 5.74) is 5.63. The fourth-order valence-electron chi connectivity index (χ4n) is 2.57. The van der Waals surface area contributed by atoms with Gasteiger partial charge in [0.1, 0.15) is 9.39 Å². The third kappa shape index (κ3) is 3.03. The maximum Gasteiger partial charge on any atom is 0.266 e. The molecule has 0 spiro atoms. The van der Waals surface area contributed by atoms with Crippen molar-refractivity contribution in [3.05, 3.63) is 20.3 Å². The van der Waals surface area contributed by atoms with E-state index in [-0.39, 0.29) is 5.56 Å². The molecular formula is C12H19IN4O. The molecule has 1 aromatic rings. The van der Waals surface area contributed by atoms with Gasteiger partial charge in [-0.1, -0.05) is 19.3 Å². The van der Waals surface area contributed by atoms with Crippen LogP contribution in [-0.2, 0) is 0 Å². The first-order valence-electron chi connectivity index (χ1n) is 6.44. The molecule has 0 amide bonds. The smallest absolute Gasteiger partial charge is 0.266 e. The van der Waals surface area contributed by atoms with Crippen molar-refractivity contribution < 1.29 is 0 Å². The zero-order valence-corrected chi connectivity index (χ0v) is 12.5. The van der Waals surface area contributed by atoms with Crippen molar-refractivity contribution in [3.8, 4) is 0 Å². The number of nitrogens with two attached hydrogens (primary N) is 1. The van der Waals surface area contributed by atoms with E-state index in [0.717, 1.165) is 12.4 Å². The third-order valence-electron chi connectivity index (χ3n) is 3.44. The lowest BCUT2D eigenvalue weighted by molar-refractivity contribution is 0.413. The highest BCUT2D eigenvalue weighted by molar-refractivity contribution is 14.1. The summed E-state index contributed by atoms with van der Waals surface area (Å²) in [4.78, 5) is 20.8. The number of halogens is 1. The second kappa shape index (κ2) is 6.51. The fraction of sp³-hybridized carbons (Fsp3) is 0.667. The summed E-state index contributed by atoms with van der Waals surface area (Å²) in [6.07, 6.45) is 7.64. The summed E-state index contributed by atoms with van der Waals surface area (Å²) in [7, 11) is 0. The van der Waals surface area contributed by atoms with Gasteiger partial charge in [-0.2, -0.15) is 0 Å². The lowest BCUT2D eigenvalue weighted by Crippen LogP contribution is -2.42. The summed E-state index contributed by atoms with van der Waals surface area (Å²) < 4.78 is 0.661. The SMILES string of the molecule is NCCN(c1nc[nH]c(=O)c1I)C1CCCCC1. The Morgan fingerprint density at radius 3 is 2.83 bits per heavy atom. The molecule has 0 aromatic carbocycles. The lowest BCUT2D eigenvalue weighted by atomic mass is 9.94. The van der Waals surface area contributed by atoms with Crippen LogP contribution in [0.25, 0.3) is 0 Å². The highest BCUT2D eigenvalue weighted by atomic mass is 127. The van der Waals surface area contributed by atoms with Crippen LogP contribution in [0.3, 0.4) is 0 Å². The van der Waals surface area contributed by atoms with E-state index in [4.69, 9.17) is 5.73 Å². The van der Waals surface area contributed by atoms with E-state index in [0.29, 0.717) is 16.2 Å². The van der Waals surface area contributed by atoms with Gasteiger partial charge in [0.05, 0.1) is 6.33 Å². The van der Waals surface area contributed by atoms with Crippen LogP contribution in [-0.4, -0.2) is 29.1 Å². The first kappa shape index (κ1) is 13.8. The van der Waals surface area contributed by atoms with Gasteiger partial charge in [0, 0.05) is 19.1 Å². The molecule has 0 atom stereocenters. The second-order valence-corrected chi connectivity index (χ2v) is 5.72. The molecule has 1 aliphatic rings. The van der Waals surface area contributed by atoms with Gasteiger partial charge < -0.3 is 15.6 Å². The number of hydrogen-bond donors (Lipinski definition) is 2. The highest BCUT2D eigenvalue weighted by Crippen LogP contribution is 2.27. The number of nitrogens with one attached hydrogen (secondary N) is 1. The highest BCUT2D eigenvalue weighted by Gasteiger charge is 2.24. The lowest BCUT2D eigenvalue weighted by Gasteiger charge is -2.35. The minimum Gasteiger partial charge on any atom is -0.351 e. The van der Waals surface area contributed by atoms with Crippen LogP contribution < -0.4 is 16.2 Å². The Kier molecular flexibility index (Phi) is 4.99. The molecule has 0 aliphatic heterocycles. The molecular weight excluding hydrogens is 343 g/mol. The normalized spacial score (nSPS) is 16.8. The largest absolute Gasteiger partial charge is 0.351 e. The number of rotatable bonds is 4. The number of H-pyrrole nitrogens is 1. The van der Waals surface area contributed by atoms with Crippen molar-refractivity contribution in [2.24, 2.45) is 5.73 Å². The Hall–Kier alpha value is -0.630. The maximum absolute atomic E-state index is 11.7. The maximum atomic E-state index is 11.7. The number of aromatic nitrogens is 2. The van der Waals surface area contributed by atoms with Gasteiger partial charge in [0.15, 0.2) is 0 Å². The minimum atomic E-state index is -0.0709. The van der Waals surface area contributed by atoms with Gasteiger partial charge in [-0.05, 0) is 35.4 Å². The first-order chi connectivity index (χ1) is 8.74. The predicted molar refractivity (Wildman–Crippen MR) is 80.8 cm³/mol. The fourth-order valence-corrected chi connectivity index (χ4v) is 3.17. The summed E-state index contributed by atoms with van der Waals surface area (Å²) in [5.74, 6) is 0.789. The molecule has 5 nitrogen and oxygen atoms in total. The average molecular weight is 362 g/mol. The molecule has 1 aromatic heterocycles. The summed E-state index contributed by atoms with van der Waals surface area (Å²) in [6, 6.07) is 0.477. The molecule has 0 radical (unpaired) electrons. The van der Waals surface area contributed by atoms with Crippen LogP contribution in [0.2, 0.25) is 0 Å². The van der Waals surface area contributed by atoms with Gasteiger partial charge in [0.25, 0.3) is 5.56 Å². The molecule has 0 saturated heterocycles. The van der Waals surface area contributed by atoms with Gasteiger partial charge in [0.2, 0.25) is 0 Å². The number of aromatic amines is 1. The van der Waals surface area contributed by atoms with E-state index in [1.54, 1.807) is 0 Å². The van der Waals surface area contributed by atoms with Crippen molar-refractivity contribution in [3.63, 3.8) is 0 Å². The zero-order chi connectivity index (χ0) is 13.0. The Morgan fingerprint density at radius 2 is 2.17 bits per heavy atom. The number of hydrogen-bond acceptors (Lipinski definition) is 4. The standard InChI is InChI=1S/C12H19IN4O/c13-10-11(15-8-16-12(10)18)17(7-6-14)9-4-2-1-3-5-9/h8-9H,1-7,14H2,(H,15,16,18). The molecule has 100 valence electrons. The van der Waals surface area contributed by atoms with Gasteiger partial charge in [-0.25, -0.2) is 4.98 Å². The van der Waals surface area contributed by atoms with Crippen LogP contribution in [0, 0.1) is 3.57 Å². The van der Waals surface area contributed by atoms with Crippen LogP contribution in [0.15, 0.2) is 11.1 Å². The summed E-state index contributed by atoms with van der Waals surface area (Å²) in [6.45, 7) is 1.35. The summed E-state index contributed by atoms with van der Waals surface area (Å²) >= 11 is 2.07. The van der Waals surface area contributed by atoms with Crippen molar-refractivity contribution in [1.82, 2.24) is 9.97 Å². The molecule has 1 saturated carbocycles. The topological polar surface area (TPSA) is 75.0 Å². The zero-order valence-electron chi connectivity index (χ0n) is 10.4. The number of anilines is 1. The van der Waals surface area contributed by atoms with Gasteiger partial charge in [-0.3, -0.25) is 4.79 Å². The second-order valence-electron chi connectivity index (χ2n) is 4.64. The van der Waals surface area contributed by atoms with Gasteiger partial charge >= 0.3 is 0 Å². The van der Waals surface area contributed by atoms with Gasteiger partial charge in [-0.15, -0.1) is 0 Å². The molecule has 1 fully saturated rings. The van der Waals surface area contributed by atoms with Crippen molar-refractivity contribution in [1.29, 1.82) is 0 Å². The Balaban J connectivity index is 2.28. The Bertz CT molecular complexity index is 442. The summed E-state index contributed by atoms with van der Waals surface area (Å²) in [5, 5.41) is 0. The quantitative estimate of drug-likeness (QED) is 0.796. The molecule has 0 bridgehead atoms. The van der Waals surface area contributed by atoms with E-state index < -0.39 is 0 Å². The molecule has 1 aliphatic carbocycles. The van der Waals surface area contributed by atoms with E-state index in [1.165, 1.54) is 38.4 Å². The molecule has 1 heterocycles. The first-order valence-corrected chi connectivity index (χ1v) is 7.52. The Morgan fingerprint density at radius 1 is 1.44 bits per heavy atom. The molecule has 6 heteroatoms. The molecule has 3 N–H and O–H groups in total. The molecule has 2 rings (SSSR count). The van der Waals surface area contributed by atoms with Crippen LogP contribution in [0.1, 0.15) is 32.1 Å². The molecule has 18 heavy (non-hydrogen) atoms.